The number of ketones is 1. The topological polar surface area (TPSA) is 113 Å². The van der Waals surface area contributed by atoms with Crippen molar-refractivity contribution in [3.63, 3.8) is 0 Å². The number of hydrogen-bond acceptors (Lipinski definition) is 6. The number of imide groups is 1. The van der Waals surface area contributed by atoms with Crippen LogP contribution in [0.2, 0.25) is 0 Å². The Labute approximate surface area is 182 Å². The minimum Gasteiger partial charge on any atom is -0.344 e. The van der Waals surface area contributed by atoms with Gasteiger partial charge >= 0.3 is 0 Å². The monoisotopic (exact) mass is 439 g/mol. The molecule has 3 heterocycles. The molecule has 0 spiro atoms. The number of rotatable bonds is 5. The lowest BCUT2D eigenvalue weighted by Gasteiger charge is -2.29. The van der Waals surface area contributed by atoms with Crippen LogP contribution in [0.4, 0.5) is 0 Å². The summed E-state index contributed by atoms with van der Waals surface area (Å²) in [5.41, 5.74) is 3.55. The van der Waals surface area contributed by atoms with E-state index in [4.69, 9.17) is 0 Å². The second-order valence-electron chi connectivity index (χ2n) is 7.76. The van der Waals surface area contributed by atoms with Crippen molar-refractivity contribution in [1.29, 1.82) is 0 Å². The molecular formula is C22H21N3O5S. The summed E-state index contributed by atoms with van der Waals surface area (Å²) in [5, 5.41) is 6.62. The van der Waals surface area contributed by atoms with Crippen LogP contribution in [-0.4, -0.2) is 40.4 Å². The van der Waals surface area contributed by atoms with Crippen LogP contribution >= 0.6 is 11.3 Å². The third-order valence-corrected chi connectivity index (χ3v) is 6.80. The minimum atomic E-state index is -0.711. The Balaban J connectivity index is 1.43. The summed E-state index contributed by atoms with van der Waals surface area (Å²) in [6, 6.07) is 4.44. The number of benzene rings is 1. The molecule has 8 nitrogen and oxygen atoms in total. The van der Waals surface area contributed by atoms with Gasteiger partial charge in [-0.2, -0.15) is 0 Å². The van der Waals surface area contributed by atoms with E-state index in [1.807, 2.05) is 13.8 Å². The van der Waals surface area contributed by atoms with Crippen molar-refractivity contribution < 1.29 is 24.0 Å². The van der Waals surface area contributed by atoms with Crippen LogP contribution in [0.25, 0.3) is 0 Å². The standard InChI is InChI=1S/C22H21N3O5S/c1-11-3-4-13(7-12(11)2)19(27)21(29)23-8-17-14-9-25(22(30)15(14)10-31-17)16-5-6-18(26)24-20(16)28/h3-4,7,10,16H,5-6,8-9H2,1-2H3,(H,23,29)(H,24,26,28). The Hall–Kier alpha value is -3.33. The molecule has 1 atom stereocenters. The number of nitrogens with one attached hydrogen (secondary N) is 2. The molecule has 1 saturated heterocycles. The van der Waals surface area contributed by atoms with E-state index in [1.54, 1.807) is 23.6 Å². The van der Waals surface area contributed by atoms with E-state index in [2.05, 4.69) is 10.6 Å². The zero-order valence-electron chi connectivity index (χ0n) is 17.1. The highest BCUT2D eigenvalue weighted by Gasteiger charge is 2.40. The zero-order chi connectivity index (χ0) is 22.3. The number of carbonyl (C=O) groups excluding carboxylic acids is 5. The Bertz CT molecular complexity index is 1140. The van der Waals surface area contributed by atoms with E-state index < -0.39 is 23.6 Å². The highest BCUT2D eigenvalue weighted by molar-refractivity contribution is 7.10. The quantitative estimate of drug-likeness (QED) is 0.418. The lowest BCUT2D eigenvalue weighted by atomic mass is 10.0. The maximum Gasteiger partial charge on any atom is 0.292 e. The second kappa shape index (κ2) is 8.07. The summed E-state index contributed by atoms with van der Waals surface area (Å²) in [6.07, 6.45) is 0.483. The Kier molecular flexibility index (Phi) is 5.45. The molecule has 160 valence electrons. The molecule has 1 unspecified atom stereocenters. The van der Waals surface area contributed by atoms with Crippen molar-refractivity contribution in [2.24, 2.45) is 0 Å². The van der Waals surface area contributed by atoms with Gasteiger partial charge in [0, 0.05) is 28.8 Å². The van der Waals surface area contributed by atoms with Crippen LogP contribution < -0.4 is 10.6 Å². The van der Waals surface area contributed by atoms with Crippen molar-refractivity contribution >= 4 is 40.7 Å². The molecule has 4 rings (SSSR count). The number of nitrogens with zero attached hydrogens (tertiary/aromatic N) is 1. The molecule has 4 amide bonds. The fourth-order valence-electron chi connectivity index (χ4n) is 3.81. The van der Waals surface area contributed by atoms with Gasteiger partial charge in [-0.25, -0.2) is 0 Å². The summed E-state index contributed by atoms with van der Waals surface area (Å²) in [6.45, 7) is 4.16. The van der Waals surface area contributed by atoms with Gasteiger partial charge in [-0.3, -0.25) is 29.3 Å². The van der Waals surface area contributed by atoms with Crippen molar-refractivity contribution in [3.05, 3.63) is 56.3 Å². The molecule has 0 radical (unpaired) electrons. The first-order valence-corrected chi connectivity index (χ1v) is 10.8. The predicted molar refractivity (Wildman–Crippen MR) is 112 cm³/mol. The average Bonchev–Trinajstić information content (AvgIpc) is 3.28. The molecule has 0 saturated carbocycles. The molecule has 2 N–H and O–H groups in total. The number of Topliss-reactive ketones (excluding diaryl/α,β-unsaturated/α-hetero) is 1. The summed E-state index contributed by atoms with van der Waals surface area (Å²) in [7, 11) is 0. The maximum absolute atomic E-state index is 12.8. The molecule has 0 bridgehead atoms. The van der Waals surface area contributed by atoms with Crippen LogP contribution in [0.1, 0.15) is 55.1 Å². The molecule has 1 fully saturated rings. The fraction of sp³-hybridized carbons (Fsp3) is 0.318. The van der Waals surface area contributed by atoms with E-state index in [0.717, 1.165) is 21.6 Å². The Morgan fingerprint density at radius 1 is 1.19 bits per heavy atom. The van der Waals surface area contributed by atoms with E-state index >= 15 is 0 Å². The predicted octanol–water partition coefficient (Wildman–Crippen LogP) is 1.63. The zero-order valence-corrected chi connectivity index (χ0v) is 17.9. The number of piperidine rings is 1. The van der Waals surface area contributed by atoms with Crippen molar-refractivity contribution in [2.75, 3.05) is 0 Å². The van der Waals surface area contributed by atoms with E-state index in [0.29, 0.717) is 17.5 Å². The summed E-state index contributed by atoms with van der Waals surface area (Å²) < 4.78 is 0. The first-order valence-electron chi connectivity index (χ1n) is 9.90. The van der Waals surface area contributed by atoms with Gasteiger partial charge < -0.3 is 10.2 Å². The number of fused-ring (bicyclic) bond motifs is 1. The summed E-state index contributed by atoms with van der Waals surface area (Å²) in [4.78, 5) is 63.3. The van der Waals surface area contributed by atoms with E-state index in [9.17, 15) is 24.0 Å². The van der Waals surface area contributed by atoms with Gasteiger partial charge in [-0.15, -0.1) is 11.3 Å². The average molecular weight is 439 g/mol. The van der Waals surface area contributed by atoms with Gasteiger partial charge in [-0.05, 0) is 43.0 Å². The highest BCUT2D eigenvalue weighted by atomic mass is 32.1. The van der Waals surface area contributed by atoms with Crippen molar-refractivity contribution in [2.45, 2.75) is 45.8 Å². The summed E-state index contributed by atoms with van der Waals surface area (Å²) in [5.74, 6) is -2.38. The number of thiophene rings is 1. The lowest BCUT2D eigenvalue weighted by Crippen LogP contribution is -2.52. The van der Waals surface area contributed by atoms with Gasteiger partial charge in [0.05, 0.1) is 12.1 Å². The van der Waals surface area contributed by atoms with Gasteiger partial charge in [0.2, 0.25) is 17.6 Å². The van der Waals surface area contributed by atoms with E-state index in [-0.39, 0.29) is 31.3 Å². The number of carbonyl (C=O) groups is 5. The van der Waals surface area contributed by atoms with Crippen LogP contribution in [0.3, 0.4) is 0 Å². The molecule has 2 aliphatic rings. The second-order valence-corrected chi connectivity index (χ2v) is 8.73. The molecule has 31 heavy (non-hydrogen) atoms. The summed E-state index contributed by atoms with van der Waals surface area (Å²) >= 11 is 1.33. The largest absolute Gasteiger partial charge is 0.344 e. The van der Waals surface area contributed by atoms with Crippen LogP contribution in [-0.2, 0) is 27.5 Å². The molecule has 1 aromatic carbocycles. The first kappa shape index (κ1) is 20.9. The van der Waals surface area contributed by atoms with Crippen molar-refractivity contribution in [3.8, 4) is 0 Å². The molecule has 2 aromatic rings. The first-order chi connectivity index (χ1) is 14.8. The fourth-order valence-corrected chi connectivity index (χ4v) is 4.78. The number of aryl methyl sites for hydroxylation is 2. The molecular weight excluding hydrogens is 418 g/mol. The van der Waals surface area contributed by atoms with Crippen LogP contribution in [0, 0.1) is 13.8 Å². The van der Waals surface area contributed by atoms with Gasteiger partial charge in [0.1, 0.15) is 6.04 Å². The number of hydrogen-bond donors (Lipinski definition) is 2. The van der Waals surface area contributed by atoms with Crippen molar-refractivity contribution in [1.82, 2.24) is 15.5 Å². The SMILES string of the molecule is Cc1ccc(C(=O)C(=O)NCc2scc3c2CN(C2CCC(=O)NC2=O)C3=O)cc1C. The molecule has 0 aliphatic carbocycles. The normalized spacial score (nSPS) is 18.1. The molecule has 2 aliphatic heterocycles. The number of amides is 4. The lowest BCUT2D eigenvalue weighted by molar-refractivity contribution is -0.136. The van der Waals surface area contributed by atoms with Crippen LogP contribution in [0.15, 0.2) is 23.6 Å². The van der Waals surface area contributed by atoms with Gasteiger partial charge in [-0.1, -0.05) is 12.1 Å². The smallest absolute Gasteiger partial charge is 0.292 e. The van der Waals surface area contributed by atoms with Crippen LogP contribution in [0.5, 0.6) is 0 Å². The third kappa shape index (κ3) is 3.88. The highest BCUT2D eigenvalue weighted by Crippen LogP contribution is 2.33. The molecule has 9 heteroatoms. The van der Waals surface area contributed by atoms with E-state index in [1.165, 1.54) is 16.2 Å². The minimum absolute atomic E-state index is 0.117. The third-order valence-electron chi connectivity index (χ3n) is 5.77. The van der Waals surface area contributed by atoms with Gasteiger partial charge in [0.15, 0.2) is 0 Å². The molecule has 1 aromatic heterocycles. The van der Waals surface area contributed by atoms with Gasteiger partial charge in [0.25, 0.3) is 11.8 Å². The maximum atomic E-state index is 12.8. The Morgan fingerprint density at radius 3 is 2.68 bits per heavy atom. The Morgan fingerprint density at radius 2 is 1.97 bits per heavy atom.